The molecule has 0 spiro atoms. The minimum absolute atomic E-state index is 0.355. The van der Waals surface area contributed by atoms with E-state index in [1.54, 1.807) is 10.9 Å². The Labute approximate surface area is 153 Å². The van der Waals surface area contributed by atoms with Gasteiger partial charge in [-0.1, -0.05) is 11.8 Å². The molecule has 1 aromatic carbocycles. The lowest BCUT2D eigenvalue weighted by molar-refractivity contribution is 0.462. The lowest BCUT2D eigenvalue weighted by Crippen LogP contribution is -2.04. The van der Waals surface area contributed by atoms with Crippen LogP contribution in [-0.4, -0.2) is 20.2 Å². The highest BCUT2D eigenvalue weighted by Crippen LogP contribution is 2.27. The predicted octanol–water partition coefficient (Wildman–Crippen LogP) is 3.33. The first-order valence-corrected chi connectivity index (χ1v) is 9.04. The third kappa shape index (κ3) is 3.28. The molecule has 0 aliphatic rings. The highest BCUT2D eigenvalue weighted by atomic mass is 32.2. The molecule has 3 heterocycles. The summed E-state index contributed by atoms with van der Waals surface area (Å²) < 4.78 is 12.4. The molecule has 0 aliphatic heterocycles. The number of rotatable bonds is 5. The fourth-order valence-corrected chi connectivity index (χ4v) is 3.56. The number of aryl methyl sites for hydroxylation is 2. The molecule has 0 N–H and O–H groups in total. The van der Waals surface area contributed by atoms with E-state index in [1.165, 1.54) is 17.8 Å². The summed E-state index contributed by atoms with van der Waals surface area (Å²) >= 11 is 1.47. The van der Waals surface area contributed by atoms with Gasteiger partial charge in [-0.15, -0.1) is 5.10 Å². The van der Waals surface area contributed by atoms with E-state index < -0.39 is 0 Å². The molecule has 132 valence electrons. The Kier molecular flexibility index (Phi) is 4.34. The third-order valence-corrected chi connectivity index (χ3v) is 5.19. The zero-order valence-corrected chi connectivity index (χ0v) is 15.1. The van der Waals surface area contributed by atoms with Crippen molar-refractivity contribution in [1.82, 2.24) is 20.2 Å². The van der Waals surface area contributed by atoms with Crippen LogP contribution in [0.25, 0.3) is 11.0 Å². The van der Waals surface area contributed by atoms with Gasteiger partial charge in [0.2, 0.25) is 5.16 Å². The maximum Gasteiger partial charge on any atom is 0.336 e. The van der Waals surface area contributed by atoms with Crippen molar-refractivity contribution >= 4 is 22.7 Å². The lowest BCUT2D eigenvalue weighted by Gasteiger charge is -2.08. The van der Waals surface area contributed by atoms with Crippen LogP contribution in [0.3, 0.4) is 0 Å². The molecule has 8 heteroatoms. The van der Waals surface area contributed by atoms with E-state index in [9.17, 15) is 4.79 Å². The van der Waals surface area contributed by atoms with Crippen LogP contribution in [0.2, 0.25) is 0 Å². The van der Waals surface area contributed by atoms with Gasteiger partial charge in [-0.2, -0.15) is 0 Å². The fourth-order valence-electron chi connectivity index (χ4n) is 2.69. The van der Waals surface area contributed by atoms with Crippen LogP contribution in [0.1, 0.15) is 22.5 Å². The van der Waals surface area contributed by atoms with Gasteiger partial charge in [0.25, 0.3) is 0 Å². The number of hydrogen-bond donors (Lipinski definition) is 0. The monoisotopic (exact) mass is 368 g/mol. The molecule has 0 saturated heterocycles. The molecule has 0 amide bonds. The van der Waals surface area contributed by atoms with E-state index in [2.05, 4.69) is 21.6 Å². The van der Waals surface area contributed by atoms with Gasteiger partial charge in [-0.3, -0.25) is 0 Å². The largest absolute Gasteiger partial charge is 0.467 e. The number of furan rings is 1. The van der Waals surface area contributed by atoms with E-state index in [0.717, 1.165) is 27.8 Å². The summed E-state index contributed by atoms with van der Waals surface area (Å²) in [5.41, 5.74) is 3.39. The molecule has 0 unspecified atom stereocenters. The molecule has 0 radical (unpaired) electrons. The van der Waals surface area contributed by atoms with Crippen LogP contribution in [-0.2, 0) is 12.3 Å². The molecule has 0 saturated carbocycles. The van der Waals surface area contributed by atoms with Crippen molar-refractivity contribution in [2.45, 2.75) is 31.3 Å². The number of tetrazole rings is 1. The van der Waals surface area contributed by atoms with Crippen molar-refractivity contribution in [2.24, 2.45) is 0 Å². The number of benzene rings is 1. The van der Waals surface area contributed by atoms with Gasteiger partial charge in [-0.05, 0) is 65.2 Å². The van der Waals surface area contributed by atoms with Gasteiger partial charge in [0.15, 0.2) is 0 Å². The molecule has 0 atom stereocenters. The first-order valence-electron chi connectivity index (χ1n) is 8.05. The number of thioether (sulfide) groups is 1. The topological polar surface area (TPSA) is 87.0 Å². The van der Waals surface area contributed by atoms with Gasteiger partial charge in [0, 0.05) is 17.2 Å². The Morgan fingerprint density at radius 3 is 2.85 bits per heavy atom. The summed E-state index contributed by atoms with van der Waals surface area (Å²) in [4.78, 5) is 11.9. The normalized spacial score (nSPS) is 11.3. The van der Waals surface area contributed by atoms with Crippen LogP contribution in [0.5, 0.6) is 0 Å². The first-order chi connectivity index (χ1) is 12.6. The number of fused-ring (bicyclic) bond motifs is 1. The maximum absolute atomic E-state index is 11.9. The van der Waals surface area contributed by atoms with E-state index in [1.807, 2.05) is 32.0 Å². The van der Waals surface area contributed by atoms with Gasteiger partial charge in [0.1, 0.15) is 17.9 Å². The van der Waals surface area contributed by atoms with Crippen molar-refractivity contribution in [2.75, 3.05) is 0 Å². The molecule has 0 bridgehead atoms. The minimum atomic E-state index is -0.355. The highest BCUT2D eigenvalue weighted by molar-refractivity contribution is 7.98. The second-order valence-corrected chi connectivity index (χ2v) is 6.95. The van der Waals surface area contributed by atoms with Crippen molar-refractivity contribution in [3.8, 4) is 0 Å². The van der Waals surface area contributed by atoms with Crippen LogP contribution < -0.4 is 5.63 Å². The average Bonchev–Trinajstić information content (AvgIpc) is 3.27. The lowest BCUT2D eigenvalue weighted by atomic mass is 10.0. The average molecular weight is 368 g/mol. The van der Waals surface area contributed by atoms with E-state index in [-0.39, 0.29) is 5.63 Å². The van der Waals surface area contributed by atoms with Crippen LogP contribution in [0, 0.1) is 13.8 Å². The highest BCUT2D eigenvalue weighted by Gasteiger charge is 2.12. The van der Waals surface area contributed by atoms with Gasteiger partial charge >= 0.3 is 5.63 Å². The zero-order chi connectivity index (χ0) is 18.1. The molecular weight excluding hydrogens is 352 g/mol. The van der Waals surface area contributed by atoms with Crippen molar-refractivity contribution < 1.29 is 8.83 Å². The smallest absolute Gasteiger partial charge is 0.336 e. The molecule has 26 heavy (non-hydrogen) atoms. The Hall–Kier alpha value is -2.87. The second kappa shape index (κ2) is 6.80. The first kappa shape index (κ1) is 16.6. The summed E-state index contributed by atoms with van der Waals surface area (Å²) in [6.07, 6.45) is 1.62. The van der Waals surface area contributed by atoms with Crippen LogP contribution >= 0.6 is 11.8 Å². The second-order valence-electron chi connectivity index (χ2n) is 6.01. The summed E-state index contributed by atoms with van der Waals surface area (Å²) in [6, 6.07) is 9.19. The Morgan fingerprint density at radius 2 is 2.04 bits per heavy atom. The van der Waals surface area contributed by atoms with E-state index >= 15 is 0 Å². The molecule has 3 aromatic heterocycles. The van der Waals surface area contributed by atoms with Crippen LogP contribution in [0.4, 0.5) is 0 Å². The SMILES string of the molecule is Cc1cc2oc(=O)cc(CSc3nnnn3Cc3ccco3)c2cc1C. The van der Waals surface area contributed by atoms with Gasteiger partial charge in [0.05, 0.1) is 6.26 Å². The van der Waals surface area contributed by atoms with Crippen molar-refractivity contribution in [3.05, 3.63) is 69.5 Å². The Balaban J connectivity index is 1.62. The van der Waals surface area contributed by atoms with Gasteiger partial charge < -0.3 is 8.83 Å². The standard InChI is InChI=1S/C18H16N4O3S/c1-11-6-15-13(8-17(23)25-16(15)7-12(11)2)10-26-18-19-20-21-22(18)9-14-4-3-5-24-14/h3-8H,9-10H2,1-2H3. The Bertz CT molecular complexity index is 1120. The Morgan fingerprint density at radius 1 is 1.19 bits per heavy atom. The third-order valence-electron chi connectivity index (χ3n) is 4.19. The number of aromatic nitrogens is 4. The molecule has 0 fully saturated rings. The zero-order valence-electron chi connectivity index (χ0n) is 14.3. The summed E-state index contributed by atoms with van der Waals surface area (Å²) in [7, 11) is 0. The molecule has 0 aliphatic carbocycles. The fraction of sp³-hybridized carbons (Fsp3) is 0.222. The maximum atomic E-state index is 11.9. The minimum Gasteiger partial charge on any atom is -0.467 e. The van der Waals surface area contributed by atoms with Gasteiger partial charge in [-0.25, -0.2) is 9.48 Å². The summed E-state index contributed by atoms with van der Waals surface area (Å²) in [6.45, 7) is 4.50. The van der Waals surface area contributed by atoms with E-state index in [4.69, 9.17) is 8.83 Å². The van der Waals surface area contributed by atoms with Crippen molar-refractivity contribution in [1.29, 1.82) is 0 Å². The molecule has 4 aromatic rings. The molecule has 4 rings (SSSR count). The number of nitrogens with zero attached hydrogens (tertiary/aromatic N) is 4. The van der Waals surface area contributed by atoms with Crippen molar-refractivity contribution in [3.63, 3.8) is 0 Å². The summed E-state index contributed by atoms with van der Waals surface area (Å²) in [5.74, 6) is 1.33. The molecule has 7 nitrogen and oxygen atoms in total. The van der Waals surface area contributed by atoms with Crippen LogP contribution in [0.15, 0.2) is 55.4 Å². The number of hydrogen-bond acceptors (Lipinski definition) is 7. The molecular formula is C18H16N4O3S. The quantitative estimate of drug-likeness (QED) is 0.394. The predicted molar refractivity (Wildman–Crippen MR) is 97.1 cm³/mol. The van der Waals surface area contributed by atoms with E-state index in [0.29, 0.717) is 23.0 Å². The summed E-state index contributed by atoms with van der Waals surface area (Å²) in [5, 5.41) is 13.4.